The van der Waals surface area contributed by atoms with Crippen molar-refractivity contribution < 1.29 is 4.42 Å². The third-order valence-electron chi connectivity index (χ3n) is 10.2. The molecule has 0 bridgehead atoms. The van der Waals surface area contributed by atoms with Gasteiger partial charge in [-0.3, -0.25) is 4.57 Å². The van der Waals surface area contributed by atoms with Gasteiger partial charge in [0, 0.05) is 49.6 Å². The number of aliphatic imine (C=N–C) groups is 2. The van der Waals surface area contributed by atoms with Gasteiger partial charge in [0.05, 0.1) is 22.1 Å². The van der Waals surface area contributed by atoms with Gasteiger partial charge in [-0.15, -0.1) is 0 Å². The second kappa shape index (κ2) is 10.8. The van der Waals surface area contributed by atoms with Gasteiger partial charge in [0.15, 0.2) is 0 Å². The van der Waals surface area contributed by atoms with Crippen LogP contribution in [0, 0.1) is 0 Å². The number of rotatable bonds is 3. The number of benzene rings is 7. The summed E-state index contributed by atoms with van der Waals surface area (Å²) in [5.41, 5.74) is 9.22. The first-order valence-corrected chi connectivity index (χ1v) is 17.2. The van der Waals surface area contributed by atoms with Gasteiger partial charge in [-0.25, -0.2) is 4.99 Å². The number of furan rings is 1. The van der Waals surface area contributed by atoms with E-state index in [9.17, 15) is 0 Å². The van der Waals surface area contributed by atoms with Gasteiger partial charge >= 0.3 is 0 Å². The molecule has 1 aliphatic heterocycles. The average molecular weight is 656 g/mol. The molecule has 1 atom stereocenters. The fourth-order valence-corrected chi connectivity index (χ4v) is 7.92. The second-order valence-corrected chi connectivity index (χ2v) is 13.1. The Morgan fingerprint density at radius 2 is 1.22 bits per heavy atom. The maximum atomic E-state index is 6.45. The molecule has 0 aliphatic carbocycles. The molecule has 0 spiro atoms. The molecule has 1 aliphatic rings. The van der Waals surface area contributed by atoms with Crippen LogP contribution in [0.4, 0.5) is 0 Å². The predicted molar refractivity (Wildman–Crippen MR) is 209 cm³/mol. The number of nitrogens with zero attached hydrogens (tertiary/aromatic N) is 4. The fourth-order valence-electron chi connectivity index (χ4n) is 7.92. The lowest BCUT2D eigenvalue weighted by molar-refractivity contribution is 0.668. The van der Waals surface area contributed by atoms with Crippen LogP contribution in [0.2, 0.25) is 0 Å². The highest BCUT2D eigenvalue weighted by Gasteiger charge is 2.27. The summed E-state index contributed by atoms with van der Waals surface area (Å²) in [7, 11) is 0. The van der Waals surface area contributed by atoms with Crippen LogP contribution in [0.1, 0.15) is 17.3 Å². The van der Waals surface area contributed by atoms with Gasteiger partial charge < -0.3 is 14.3 Å². The van der Waals surface area contributed by atoms with E-state index in [-0.39, 0.29) is 6.17 Å². The van der Waals surface area contributed by atoms with Gasteiger partial charge in [0.1, 0.15) is 23.2 Å². The number of fused-ring (bicyclic) bond motifs is 10. The molecule has 0 fully saturated rings. The van der Waals surface area contributed by atoms with E-state index < -0.39 is 0 Å². The third kappa shape index (κ3) is 4.17. The summed E-state index contributed by atoms with van der Waals surface area (Å²) in [6.45, 7) is 0. The monoisotopic (exact) mass is 655 g/mol. The van der Waals surface area contributed by atoms with E-state index in [0.29, 0.717) is 5.96 Å². The molecule has 0 radical (unpaired) electrons. The standard InChI is InChI=1S/C45H29N5O/c1-4-14-28(15-5-1)43-46-44(29-16-6-2-7-17-29)48-45(47-43)50-36-22-12-10-20-31(36)33-24-25-37-41(42(33)50)35-26-34-32-21-11-13-23-39(32)51-40(34)27-38(35)49(37)30-18-8-3-9-19-30/h1-27,43H,(H,46,47,48). The zero-order valence-electron chi connectivity index (χ0n) is 27.4. The predicted octanol–water partition coefficient (Wildman–Crippen LogP) is 10.7. The Morgan fingerprint density at radius 1 is 0.510 bits per heavy atom. The van der Waals surface area contributed by atoms with Crippen LogP contribution in [-0.4, -0.2) is 20.9 Å². The number of amidine groups is 1. The summed E-state index contributed by atoms with van der Waals surface area (Å²) >= 11 is 0. The lowest BCUT2D eigenvalue weighted by Gasteiger charge is -2.24. The van der Waals surface area contributed by atoms with Gasteiger partial charge in [0.2, 0.25) is 5.96 Å². The molecule has 7 aromatic carbocycles. The van der Waals surface area contributed by atoms with Crippen molar-refractivity contribution in [3.05, 3.63) is 175 Å². The molecule has 10 aromatic rings. The van der Waals surface area contributed by atoms with Crippen LogP contribution >= 0.6 is 0 Å². The van der Waals surface area contributed by atoms with Crippen LogP contribution in [0.3, 0.4) is 0 Å². The normalized spacial score (nSPS) is 14.9. The number of nitrogens with one attached hydrogen (secondary N) is 1. The largest absolute Gasteiger partial charge is 0.456 e. The zero-order chi connectivity index (χ0) is 33.5. The summed E-state index contributed by atoms with van der Waals surface area (Å²) < 4.78 is 11.1. The topological polar surface area (TPSA) is 59.8 Å². The zero-order valence-corrected chi connectivity index (χ0v) is 27.4. The van der Waals surface area contributed by atoms with Crippen molar-refractivity contribution in [1.29, 1.82) is 0 Å². The van der Waals surface area contributed by atoms with Gasteiger partial charge in [-0.05, 0) is 42.0 Å². The molecule has 6 heteroatoms. The summed E-state index contributed by atoms with van der Waals surface area (Å²) in [4.78, 5) is 10.7. The summed E-state index contributed by atoms with van der Waals surface area (Å²) in [6, 6.07) is 57.2. The van der Waals surface area contributed by atoms with E-state index in [4.69, 9.17) is 14.4 Å². The van der Waals surface area contributed by atoms with Crippen molar-refractivity contribution in [2.45, 2.75) is 6.17 Å². The SMILES string of the molecule is c1ccc(C2=NC(n3c4ccccc4c4ccc5c(c6cc7c(cc6n5-c5ccccc5)oc5ccccc57)c43)=NC(c3ccccc3)N2)cc1. The van der Waals surface area contributed by atoms with E-state index in [2.05, 4.69) is 142 Å². The number of para-hydroxylation sites is 3. The molecular weight excluding hydrogens is 627 g/mol. The van der Waals surface area contributed by atoms with Gasteiger partial charge in [-0.1, -0.05) is 121 Å². The molecular formula is C45H29N5O. The van der Waals surface area contributed by atoms with Crippen molar-refractivity contribution in [3.8, 4) is 5.69 Å². The lowest BCUT2D eigenvalue weighted by atomic mass is 10.1. The van der Waals surface area contributed by atoms with Crippen molar-refractivity contribution >= 4 is 77.3 Å². The summed E-state index contributed by atoms with van der Waals surface area (Å²) in [5.74, 6) is 1.42. The summed E-state index contributed by atoms with van der Waals surface area (Å²) in [6.07, 6.45) is -0.327. The molecule has 0 saturated heterocycles. The van der Waals surface area contributed by atoms with Crippen molar-refractivity contribution in [2.24, 2.45) is 9.98 Å². The maximum Gasteiger partial charge on any atom is 0.234 e. The highest BCUT2D eigenvalue weighted by atomic mass is 16.3. The summed E-state index contributed by atoms with van der Waals surface area (Å²) in [5, 5.41) is 10.4. The first-order valence-electron chi connectivity index (χ1n) is 17.2. The quantitative estimate of drug-likeness (QED) is 0.206. The molecule has 3 aromatic heterocycles. The number of aromatic nitrogens is 2. The highest BCUT2D eigenvalue weighted by Crippen LogP contribution is 2.43. The average Bonchev–Trinajstić information content (AvgIpc) is 3.85. The van der Waals surface area contributed by atoms with E-state index in [1.54, 1.807) is 0 Å². The minimum atomic E-state index is -0.327. The van der Waals surface area contributed by atoms with Gasteiger partial charge in [-0.2, -0.15) is 4.99 Å². The molecule has 51 heavy (non-hydrogen) atoms. The Kier molecular flexibility index (Phi) is 5.92. The fraction of sp³-hybridized carbons (Fsp3) is 0.0222. The van der Waals surface area contributed by atoms with Crippen molar-refractivity contribution in [1.82, 2.24) is 14.5 Å². The van der Waals surface area contributed by atoms with Crippen LogP contribution in [-0.2, 0) is 0 Å². The minimum absolute atomic E-state index is 0.327. The minimum Gasteiger partial charge on any atom is -0.456 e. The van der Waals surface area contributed by atoms with Crippen molar-refractivity contribution in [3.63, 3.8) is 0 Å². The van der Waals surface area contributed by atoms with Crippen LogP contribution in [0.5, 0.6) is 0 Å². The number of hydrogen-bond donors (Lipinski definition) is 1. The molecule has 11 rings (SSSR count). The lowest BCUT2D eigenvalue weighted by Crippen LogP contribution is -2.35. The van der Waals surface area contributed by atoms with E-state index in [1.807, 2.05) is 36.4 Å². The molecule has 4 heterocycles. The molecule has 6 nitrogen and oxygen atoms in total. The molecule has 0 amide bonds. The smallest absolute Gasteiger partial charge is 0.234 e. The van der Waals surface area contributed by atoms with Crippen LogP contribution < -0.4 is 5.32 Å². The molecule has 0 saturated carbocycles. The van der Waals surface area contributed by atoms with E-state index in [1.165, 1.54) is 0 Å². The van der Waals surface area contributed by atoms with Gasteiger partial charge in [0.25, 0.3) is 0 Å². The van der Waals surface area contributed by atoms with Crippen LogP contribution in [0.25, 0.3) is 71.2 Å². The Bertz CT molecular complexity index is 3040. The third-order valence-corrected chi connectivity index (χ3v) is 10.2. The van der Waals surface area contributed by atoms with E-state index in [0.717, 1.165) is 88.2 Å². The number of hydrogen-bond acceptors (Lipinski definition) is 4. The van der Waals surface area contributed by atoms with E-state index >= 15 is 0 Å². The molecule has 1 N–H and O–H groups in total. The Hall–Kier alpha value is -6.92. The molecule has 240 valence electrons. The second-order valence-electron chi connectivity index (χ2n) is 13.1. The first-order chi connectivity index (χ1) is 25.3. The Labute approximate surface area is 292 Å². The maximum absolute atomic E-state index is 6.45. The molecule has 1 unspecified atom stereocenters. The van der Waals surface area contributed by atoms with Crippen LogP contribution in [0.15, 0.2) is 178 Å². The Morgan fingerprint density at radius 3 is 2.04 bits per heavy atom. The Balaban J connectivity index is 1.31. The van der Waals surface area contributed by atoms with Crippen molar-refractivity contribution in [2.75, 3.05) is 0 Å². The highest BCUT2D eigenvalue weighted by molar-refractivity contribution is 6.30. The first kappa shape index (κ1) is 28.0.